The van der Waals surface area contributed by atoms with Crippen LogP contribution in [0.1, 0.15) is 12.0 Å². The van der Waals surface area contributed by atoms with Gasteiger partial charge in [-0.25, -0.2) is 8.42 Å². The minimum atomic E-state index is -3.62. The molecule has 0 spiro atoms. The highest BCUT2D eigenvalue weighted by Gasteiger charge is 2.23. The van der Waals surface area contributed by atoms with E-state index in [2.05, 4.69) is 0 Å². The number of hydrogen-bond acceptors (Lipinski definition) is 5. The van der Waals surface area contributed by atoms with Crippen LogP contribution >= 0.6 is 0 Å². The van der Waals surface area contributed by atoms with Crippen LogP contribution in [0.3, 0.4) is 0 Å². The molecule has 26 heavy (non-hydrogen) atoms. The van der Waals surface area contributed by atoms with Gasteiger partial charge in [-0.15, -0.1) is 0 Å². The van der Waals surface area contributed by atoms with Gasteiger partial charge in [0.15, 0.2) is 11.5 Å². The summed E-state index contributed by atoms with van der Waals surface area (Å²) in [6, 6.07) is 12.6. The first-order chi connectivity index (χ1) is 12.4. The average molecular weight is 376 g/mol. The summed E-state index contributed by atoms with van der Waals surface area (Å²) in [6.07, 6.45) is 0.777. The summed E-state index contributed by atoms with van der Waals surface area (Å²) in [5, 5.41) is 0. The van der Waals surface area contributed by atoms with Gasteiger partial charge in [0.25, 0.3) is 0 Å². The van der Waals surface area contributed by atoms with Gasteiger partial charge in [-0.1, -0.05) is 12.1 Å². The summed E-state index contributed by atoms with van der Waals surface area (Å²) in [5.41, 5.74) is 2.00. The molecule has 0 saturated carbocycles. The van der Waals surface area contributed by atoms with Crippen LogP contribution in [0.5, 0.6) is 11.5 Å². The Bertz CT molecular complexity index is 864. The lowest BCUT2D eigenvalue weighted by Gasteiger charge is -2.19. The second-order valence-electron chi connectivity index (χ2n) is 6.48. The van der Waals surface area contributed by atoms with Gasteiger partial charge in [0.1, 0.15) is 0 Å². The van der Waals surface area contributed by atoms with Crippen LogP contribution in [-0.2, 0) is 16.6 Å². The molecule has 0 unspecified atom stereocenters. The molecule has 1 heterocycles. The van der Waals surface area contributed by atoms with E-state index >= 15 is 0 Å². The van der Waals surface area contributed by atoms with E-state index in [4.69, 9.17) is 9.47 Å². The molecule has 0 bridgehead atoms. The highest BCUT2D eigenvalue weighted by molar-refractivity contribution is 7.89. The summed E-state index contributed by atoms with van der Waals surface area (Å²) in [4.78, 5) is 2.20. The molecule has 0 saturated heterocycles. The predicted octanol–water partition coefficient (Wildman–Crippen LogP) is 2.73. The fraction of sp³-hybridized carbons (Fsp3) is 0.368. The van der Waals surface area contributed by atoms with Crippen molar-refractivity contribution in [2.45, 2.75) is 17.9 Å². The molecule has 0 radical (unpaired) electrons. The molecule has 6 nitrogen and oxygen atoms in total. The summed E-state index contributed by atoms with van der Waals surface area (Å²) in [5.74, 6) is 1.07. The third kappa shape index (κ3) is 3.94. The second-order valence-corrected chi connectivity index (χ2v) is 8.53. The van der Waals surface area contributed by atoms with E-state index in [1.807, 2.05) is 43.3 Å². The minimum Gasteiger partial charge on any atom is -0.490 e. The SMILES string of the molecule is CN(C)c1ccc(CN(C)S(=O)(=O)c2ccc3c(c2)OCCCO3)cc1. The van der Waals surface area contributed by atoms with Gasteiger partial charge >= 0.3 is 0 Å². The van der Waals surface area contributed by atoms with Gasteiger partial charge in [0.2, 0.25) is 10.0 Å². The van der Waals surface area contributed by atoms with Gasteiger partial charge < -0.3 is 14.4 Å². The number of ether oxygens (including phenoxy) is 2. The van der Waals surface area contributed by atoms with Crippen molar-refractivity contribution in [1.29, 1.82) is 0 Å². The Labute approximate surface area is 155 Å². The van der Waals surface area contributed by atoms with Crippen molar-refractivity contribution in [2.24, 2.45) is 0 Å². The molecule has 1 aliphatic heterocycles. The normalized spacial score (nSPS) is 14.2. The van der Waals surface area contributed by atoms with Gasteiger partial charge in [-0.3, -0.25) is 0 Å². The molecule has 7 heteroatoms. The number of benzene rings is 2. The molecule has 0 fully saturated rings. The number of rotatable bonds is 5. The molecular weight excluding hydrogens is 352 g/mol. The number of sulfonamides is 1. The van der Waals surface area contributed by atoms with E-state index in [1.165, 1.54) is 4.31 Å². The highest BCUT2D eigenvalue weighted by atomic mass is 32.2. The molecule has 0 amide bonds. The molecule has 0 aromatic heterocycles. The van der Waals surface area contributed by atoms with Gasteiger partial charge in [-0.2, -0.15) is 4.31 Å². The zero-order valence-corrected chi connectivity index (χ0v) is 16.1. The standard InChI is InChI=1S/C19H24N2O4S/c1-20(2)16-7-5-15(6-8-16)14-21(3)26(22,23)17-9-10-18-19(13-17)25-12-4-11-24-18/h5-10,13H,4,11-12,14H2,1-3H3. The van der Waals surface area contributed by atoms with Crippen molar-refractivity contribution in [1.82, 2.24) is 4.31 Å². The van der Waals surface area contributed by atoms with Gasteiger partial charge in [0, 0.05) is 45.9 Å². The molecule has 0 aliphatic carbocycles. The molecule has 0 atom stereocenters. The van der Waals surface area contributed by atoms with E-state index in [9.17, 15) is 8.42 Å². The monoisotopic (exact) mass is 376 g/mol. The third-order valence-electron chi connectivity index (χ3n) is 4.29. The fourth-order valence-corrected chi connectivity index (χ4v) is 3.90. The van der Waals surface area contributed by atoms with E-state index in [0.717, 1.165) is 17.7 Å². The van der Waals surface area contributed by atoms with Crippen molar-refractivity contribution < 1.29 is 17.9 Å². The zero-order chi connectivity index (χ0) is 18.7. The first-order valence-electron chi connectivity index (χ1n) is 8.50. The largest absolute Gasteiger partial charge is 0.490 e. The van der Waals surface area contributed by atoms with E-state index < -0.39 is 10.0 Å². The van der Waals surface area contributed by atoms with Gasteiger partial charge in [0.05, 0.1) is 18.1 Å². The van der Waals surface area contributed by atoms with Crippen LogP contribution in [0.2, 0.25) is 0 Å². The molecule has 140 valence electrons. The number of hydrogen-bond donors (Lipinski definition) is 0. The number of fused-ring (bicyclic) bond motifs is 1. The Kier molecular flexibility index (Phi) is 5.38. The quantitative estimate of drug-likeness (QED) is 0.803. The van der Waals surface area contributed by atoms with Crippen molar-refractivity contribution in [3.05, 3.63) is 48.0 Å². The molecule has 2 aromatic rings. The summed E-state index contributed by atoms with van der Waals surface area (Å²) >= 11 is 0. The molecule has 0 N–H and O–H groups in total. The van der Waals surface area contributed by atoms with Crippen molar-refractivity contribution >= 4 is 15.7 Å². The maximum absolute atomic E-state index is 12.9. The van der Waals surface area contributed by atoms with Crippen LogP contribution in [0.15, 0.2) is 47.4 Å². The van der Waals surface area contributed by atoms with Crippen molar-refractivity contribution in [2.75, 3.05) is 39.3 Å². The topological polar surface area (TPSA) is 59.1 Å². The Balaban J connectivity index is 1.79. The minimum absolute atomic E-state index is 0.203. The predicted molar refractivity (Wildman–Crippen MR) is 101 cm³/mol. The lowest BCUT2D eigenvalue weighted by molar-refractivity contribution is 0.297. The van der Waals surface area contributed by atoms with Crippen LogP contribution < -0.4 is 14.4 Å². The Morgan fingerprint density at radius 3 is 2.23 bits per heavy atom. The molecular formula is C19H24N2O4S. The van der Waals surface area contributed by atoms with Crippen LogP contribution in [0.4, 0.5) is 5.69 Å². The average Bonchev–Trinajstić information content (AvgIpc) is 2.86. The van der Waals surface area contributed by atoms with Crippen LogP contribution in [0.25, 0.3) is 0 Å². The van der Waals surface area contributed by atoms with E-state index in [0.29, 0.717) is 31.3 Å². The first-order valence-corrected chi connectivity index (χ1v) is 9.94. The smallest absolute Gasteiger partial charge is 0.243 e. The maximum Gasteiger partial charge on any atom is 0.243 e. The van der Waals surface area contributed by atoms with Gasteiger partial charge in [-0.05, 0) is 29.8 Å². The summed E-state index contributed by atoms with van der Waals surface area (Å²) in [7, 11) is 1.90. The zero-order valence-electron chi connectivity index (χ0n) is 15.3. The van der Waals surface area contributed by atoms with Crippen molar-refractivity contribution in [3.63, 3.8) is 0 Å². The maximum atomic E-state index is 12.9. The number of nitrogens with zero attached hydrogens (tertiary/aromatic N) is 2. The highest BCUT2D eigenvalue weighted by Crippen LogP contribution is 2.32. The second kappa shape index (κ2) is 7.55. The Morgan fingerprint density at radius 2 is 1.58 bits per heavy atom. The fourth-order valence-electron chi connectivity index (χ4n) is 2.73. The van der Waals surface area contributed by atoms with E-state index in [-0.39, 0.29) is 4.90 Å². The van der Waals surface area contributed by atoms with Crippen LogP contribution in [0, 0.1) is 0 Å². The molecule has 2 aromatic carbocycles. The molecule has 1 aliphatic rings. The molecule has 3 rings (SSSR count). The summed E-state index contributed by atoms with van der Waals surface area (Å²) < 4.78 is 38.3. The number of anilines is 1. The van der Waals surface area contributed by atoms with Crippen LogP contribution in [-0.4, -0.2) is 47.1 Å². The summed E-state index contributed by atoms with van der Waals surface area (Å²) in [6.45, 7) is 1.39. The van der Waals surface area contributed by atoms with E-state index in [1.54, 1.807) is 25.2 Å². The Hall–Kier alpha value is -2.25. The lowest BCUT2D eigenvalue weighted by atomic mass is 10.2. The third-order valence-corrected chi connectivity index (χ3v) is 6.08. The lowest BCUT2D eigenvalue weighted by Crippen LogP contribution is -2.26. The Morgan fingerprint density at radius 1 is 0.923 bits per heavy atom. The first kappa shape index (κ1) is 18.5. The van der Waals surface area contributed by atoms with Crippen molar-refractivity contribution in [3.8, 4) is 11.5 Å².